The number of nitrogens with one attached hydrogen (secondary N) is 3. The summed E-state index contributed by atoms with van der Waals surface area (Å²) in [5.74, 6) is -1.80. The van der Waals surface area contributed by atoms with Crippen molar-refractivity contribution in [3.63, 3.8) is 0 Å². The van der Waals surface area contributed by atoms with Crippen LogP contribution in [0.2, 0.25) is 0 Å². The molecule has 0 radical (unpaired) electrons. The normalized spacial score (nSPS) is 19.1. The van der Waals surface area contributed by atoms with E-state index in [4.69, 9.17) is 14.2 Å². The fourth-order valence-electron chi connectivity index (χ4n) is 5.36. The van der Waals surface area contributed by atoms with Crippen LogP contribution in [0.4, 0.5) is 9.18 Å². The van der Waals surface area contributed by atoms with Crippen LogP contribution in [0, 0.1) is 11.7 Å². The summed E-state index contributed by atoms with van der Waals surface area (Å²) in [6.45, 7) is 4.81. The zero-order valence-electron chi connectivity index (χ0n) is 25.8. The van der Waals surface area contributed by atoms with Crippen molar-refractivity contribution in [3.05, 3.63) is 83.2 Å². The Kier molecular flexibility index (Phi) is 12.5. The Morgan fingerprint density at radius 1 is 0.956 bits per heavy atom. The summed E-state index contributed by atoms with van der Waals surface area (Å²) in [4.78, 5) is 52.3. The number of hydrogen-bond acceptors (Lipinski definition) is 7. The second-order valence-corrected chi connectivity index (χ2v) is 11.8. The van der Waals surface area contributed by atoms with Crippen molar-refractivity contribution in [1.82, 2.24) is 16.0 Å². The molecule has 45 heavy (non-hydrogen) atoms. The van der Waals surface area contributed by atoms with Gasteiger partial charge in [-0.2, -0.15) is 0 Å². The SMILES string of the molecule is CC(C)C[C@H](NC(=O)[C@H](Cc1ccc(F)cc1)NC(=O)OCc1ccccc1)C(=O)N[C@@H](/C=C1\CCOC1=O)C[C@@H]1CCCO1. The number of benzene rings is 2. The van der Waals surface area contributed by atoms with E-state index < -0.39 is 47.8 Å². The molecule has 0 aliphatic carbocycles. The average Bonchev–Trinajstić information content (AvgIpc) is 3.68. The zero-order chi connectivity index (χ0) is 32.2. The van der Waals surface area contributed by atoms with E-state index in [-0.39, 0.29) is 25.0 Å². The molecule has 0 spiro atoms. The van der Waals surface area contributed by atoms with E-state index in [2.05, 4.69) is 16.0 Å². The standard InChI is InChI=1S/C34H42FN3O7/c1-22(2)17-29(31(39)36-27(20-28-9-6-15-43-28)19-25-14-16-44-33(25)41)37-32(40)30(18-23-10-12-26(35)13-11-23)38-34(42)45-21-24-7-4-3-5-8-24/h3-5,7-8,10-13,19,22,27-30H,6,9,14-18,20-21H2,1-2H3,(H,36,39)(H,37,40)(H,38,42)/b25-19+/t27-,28-,29-,30-/m0/s1. The first-order valence-corrected chi connectivity index (χ1v) is 15.5. The van der Waals surface area contributed by atoms with Crippen LogP contribution in [0.5, 0.6) is 0 Å². The Morgan fingerprint density at radius 3 is 2.33 bits per heavy atom. The number of alkyl carbamates (subject to hydrolysis) is 1. The summed E-state index contributed by atoms with van der Waals surface area (Å²) in [7, 11) is 0. The summed E-state index contributed by atoms with van der Waals surface area (Å²) >= 11 is 0. The molecule has 2 aliphatic heterocycles. The van der Waals surface area contributed by atoms with Crippen LogP contribution in [0.15, 0.2) is 66.2 Å². The van der Waals surface area contributed by atoms with Crippen molar-refractivity contribution < 1.29 is 37.8 Å². The van der Waals surface area contributed by atoms with Crippen LogP contribution >= 0.6 is 0 Å². The molecular formula is C34H42FN3O7. The van der Waals surface area contributed by atoms with Crippen LogP contribution in [0.3, 0.4) is 0 Å². The molecule has 0 saturated carbocycles. The van der Waals surface area contributed by atoms with Crippen LogP contribution in [0.1, 0.15) is 57.1 Å². The molecule has 0 bridgehead atoms. The molecule has 11 heteroatoms. The molecule has 3 N–H and O–H groups in total. The number of rotatable bonds is 14. The number of halogens is 1. The summed E-state index contributed by atoms with van der Waals surface area (Å²) in [5.41, 5.74) is 1.89. The van der Waals surface area contributed by atoms with E-state index in [1.54, 1.807) is 6.08 Å². The number of amides is 3. The number of esters is 1. The maximum absolute atomic E-state index is 13.7. The summed E-state index contributed by atoms with van der Waals surface area (Å²) in [6.07, 6.45) is 3.93. The van der Waals surface area contributed by atoms with Crippen molar-refractivity contribution in [2.75, 3.05) is 13.2 Å². The highest BCUT2D eigenvalue weighted by atomic mass is 19.1. The molecular weight excluding hydrogens is 581 g/mol. The van der Waals surface area contributed by atoms with Crippen LogP contribution in [0.25, 0.3) is 0 Å². The van der Waals surface area contributed by atoms with E-state index in [1.807, 2.05) is 44.2 Å². The van der Waals surface area contributed by atoms with Gasteiger partial charge in [-0.05, 0) is 54.9 Å². The minimum absolute atomic E-state index is 0.00505. The quantitative estimate of drug-likeness (QED) is 0.213. The van der Waals surface area contributed by atoms with E-state index >= 15 is 0 Å². The number of carbonyl (C=O) groups excluding carboxylic acids is 4. The Balaban J connectivity index is 1.47. The van der Waals surface area contributed by atoms with E-state index in [0.29, 0.717) is 43.6 Å². The van der Waals surface area contributed by atoms with Gasteiger partial charge >= 0.3 is 12.1 Å². The summed E-state index contributed by atoms with van der Waals surface area (Å²) < 4.78 is 29.8. The van der Waals surface area contributed by atoms with E-state index in [9.17, 15) is 23.6 Å². The molecule has 10 nitrogen and oxygen atoms in total. The Hall–Kier alpha value is -4.25. The second-order valence-electron chi connectivity index (χ2n) is 11.8. The smallest absolute Gasteiger partial charge is 0.408 e. The summed E-state index contributed by atoms with van der Waals surface area (Å²) in [6, 6.07) is 12.2. The van der Waals surface area contributed by atoms with Crippen LogP contribution in [-0.4, -0.2) is 61.3 Å². The fraction of sp³-hybridized carbons (Fsp3) is 0.471. The molecule has 2 aromatic rings. The predicted octanol–water partition coefficient (Wildman–Crippen LogP) is 4.12. The molecule has 0 aromatic heterocycles. The van der Waals surface area contributed by atoms with E-state index in [0.717, 1.165) is 18.4 Å². The first-order chi connectivity index (χ1) is 21.7. The molecule has 3 amide bonds. The highest BCUT2D eigenvalue weighted by molar-refractivity contribution is 5.92. The molecule has 242 valence electrons. The lowest BCUT2D eigenvalue weighted by molar-refractivity contribution is -0.135. The average molecular weight is 624 g/mol. The van der Waals surface area contributed by atoms with Gasteiger partial charge in [-0.25, -0.2) is 14.0 Å². The Morgan fingerprint density at radius 2 is 1.69 bits per heavy atom. The van der Waals surface area contributed by atoms with Crippen molar-refractivity contribution in [3.8, 4) is 0 Å². The third-order valence-electron chi connectivity index (χ3n) is 7.65. The van der Waals surface area contributed by atoms with Crippen molar-refractivity contribution in [1.29, 1.82) is 0 Å². The molecule has 4 rings (SSSR count). The third kappa shape index (κ3) is 11.0. The Labute approximate surface area is 263 Å². The minimum Gasteiger partial charge on any atom is -0.462 e. The molecule has 2 heterocycles. The number of carbonyl (C=O) groups is 4. The molecule has 2 aliphatic rings. The predicted molar refractivity (Wildman–Crippen MR) is 164 cm³/mol. The van der Waals surface area contributed by atoms with Gasteiger partial charge in [0, 0.05) is 25.0 Å². The largest absolute Gasteiger partial charge is 0.462 e. The molecule has 2 saturated heterocycles. The first kappa shape index (κ1) is 33.6. The van der Waals surface area contributed by atoms with Gasteiger partial charge in [0.1, 0.15) is 24.5 Å². The highest BCUT2D eigenvalue weighted by Gasteiger charge is 2.31. The monoisotopic (exact) mass is 623 g/mol. The molecule has 2 fully saturated rings. The van der Waals surface area contributed by atoms with Gasteiger partial charge in [0.05, 0.1) is 18.8 Å². The van der Waals surface area contributed by atoms with Gasteiger partial charge in [-0.3, -0.25) is 9.59 Å². The topological polar surface area (TPSA) is 132 Å². The van der Waals surface area contributed by atoms with Crippen LogP contribution in [-0.2, 0) is 41.6 Å². The number of ether oxygens (including phenoxy) is 3. The van der Waals surface area contributed by atoms with Gasteiger partial charge in [-0.15, -0.1) is 0 Å². The zero-order valence-corrected chi connectivity index (χ0v) is 25.8. The van der Waals surface area contributed by atoms with Crippen LogP contribution < -0.4 is 16.0 Å². The van der Waals surface area contributed by atoms with Crippen molar-refractivity contribution in [2.24, 2.45) is 5.92 Å². The van der Waals surface area contributed by atoms with Gasteiger partial charge in [0.2, 0.25) is 11.8 Å². The summed E-state index contributed by atoms with van der Waals surface area (Å²) in [5, 5.41) is 8.44. The van der Waals surface area contributed by atoms with Gasteiger partial charge in [-0.1, -0.05) is 62.4 Å². The highest BCUT2D eigenvalue weighted by Crippen LogP contribution is 2.21. The lowest BCUT2D eigenvalue weighted by Crippen LogP contribution is -2.55. The number of cyclic esters (lactones) is 1. The third-order valence-corrected chi connectivity index (χ3v) is 7.65. The van der Waals surface area contributed by atoms with Gasteiger partial charge in [0.15, 0.2) is 0 Å². The second kappa shape index (κ2) is 16.7. The lowest BCUT2D eigenvalue weighted by atomic mass is 9.99. The van der Waals surface area contributed by atoms with Gasteiger partial charge < -0.3 is 30.2 Å². The first-order valence-electron chi connectivity index (χ1n) is 15.5. The van der Waals surface area contributed by atoms with Gasteiger partial charge in [0.25, 0.3) is 0 Å². The molecule has 4 atom stereocenters. The molecule has 2 aromatic carbocycles. The van der Waals surface area contributed by atoms with Crippen molar-refractivity contribution in [2.45, 2.75) is 83.2 Å². The van der Waals surface area contributed by atoms with Crippen molar-refractivity contribution >= 4 is 23.9 Å². The fourth-order valence-corrected chi connectivity index (χ4v) is 5.36. The minimum atomic E-state index is -1.11. The number of hydrogen-bond donors (Lipinski definition) is 3. The Bertz CT molecular complexity index is 1330. The molecule has 0 unspecified atom stereocenters. The maximum Gasteiger partial charge on any atom is 0.408 e. The van der Waals surface area contributed by atoms with E-state index in [1.165, 1.54) is 24.3 Å². The maximum atomic E-state index is 13.7. The lowest BCUT2D eigenvalue weighted by Gasteiger charge is -2.26.